The Labute approximate surface area is 135 Å². The molecule has 0 bridgehead atoms. The fourth-order valence-corrected chi connectivity index (χ4v) is 1.98. The van der Waals surface area contributed by atoms with Crippen LogP contribution < -0.4 is 10.3 Å². The molecule has 118 valence electrons. The molecular weight excluding hydrogens is 290 g/mol. The summed E-state index contributed by atoms with van der Waals surface area (Å²) in [5, 5.41) is 3.93. The van der Waals surface area contributed by atoms with Crippen molar-refractivity contribution < 1.29 is 9.59 Å². The number of benzene rings is 2. The Morgan fingerprint density at radius 1 is 1.04 bits per heavy atom. The fourth-order valence-electron chi connectivity index (χ4n) is 1.98. The number of carbonyl (C=O) groups is 2. The Bertz CT molecular complexity index is 734. The fraction of sp³-hybridized carbons (Fsp3) is 0.167. The van der Waals surface area contributed by atoms with Gasteiger partial charge in [0, 0.05) is 30.9 Å². The van der Waals surface area contributed by atoms with E-state index in [9.17, 15) is 9.59 Å². The van der Waals surface area contributed by atoms with Crippen molar-refractivity contribution in [2.75, 3.05) is 19.0 Å². The second-order valence-electron chi connectivity index (χ2n) is 5.32. The Morgan fingerprint density at radius 2 is 1.74 bits per heavy atom. The minimum Gasteiger partial charge on any atom is -0.378 e. The van der Waals surface area contributed by atoms with E-state index in [2.05, 4.69) is 10.5 Å². The molecule has 0 unspecified atom stereocenters. The molecule has 0 fully saturated rings. The monoisotopic (exact) mass is 309 g/mol. The zero-order valence-corrected chi connectivity index (χ0v) is 13.4. The third-order valence-electron chi connectivity index (χ3n) is 3.32. The summed E-state index contributed by atoms with van der Waals surface area (Å²) < 4.78 is 0. The highest BCUT2D eigenvalue weighted by atomic mass is 16.2. The average molecular weight is 309 g/mol. The van der Waals surface area contributed by atoms with Crippen LogP contribution in [0.2, 0.25) is 0 Å². The van der Waals surface area contributed by atoms with E-state index >= 15 is 0 Å². The van der Waals surface area contributed by atoms with Gasteiger partial charge >= 0.3 is 0 Å². The maximum Gasteiger partial charge on any atom is 0.271 e. The minimum atomic E-state index is -0.283. The van der Waals surface area contributed by atoms with Gasteiger partial charge in [-0.05, 0) is 42.8 Å². The number of nitrogens with zero attached hydrogens (tertiary/aromatic N) is 2. The van der Waals surface area contributed by atoms with Crippen molar-refractivity contribution >= 4 is 23.6 Å². The van der Waals surface area contributed by atoms with Crippen molar-refractivity contribution in [2.45, 2.75) is 6.92 Å². The number of hydrogen-bond donors (Lipinski definition) is 1. The predicted molar refractivity (Wildman–Crippen MR) is 92.3 cm³/mol. The number of anilines is 1. The van der Waals surface area contributed by atoms with Gasteiger partial charge in [0.2, 0.25) is 0 Å². The summed E-state index contributed by atoms with van der Waals surface area (Å²) in [5.74, 6) is -0.292. The Balaban J connectivity index is 2.01. The molecular formula is C18H19N3O2. The van der Waals surface area contributed by atoms with E-state index in [1.807, 2.05) is 37.2 Å². The molecule has 1 amide bonds. The Hall–Kier alpha value is -2.95. The molecule has 0 aliphatic heterocycles. The molecule has 2 aromatic carbocycles. The molecule has 0 saturated carbocycles. The standard InChI is InChI=1S/C18H19N3O2/c1-13(22)16-6-4-5-14(11-16)12-19-20-18(23)15-7-9-17(10-8-15)21(2)3/h4-12H,1-3H3,(H,20,23). The summed E-state index contributed by atoms with van der Waals surface area (Å²) in [6.07, 6.45) is 1.51. The maximum atomic E-state index is 12.0. The van der Waals surface area contributed by atoms with Crippen molar-refractivity contribution in [2.24, 2.45) is 5.10 Å². The molecule has 1 N–H and O–H groups in total. The van der Waals surface area contributed by atoms with Crippen LogP contribution in [0.5, 0.6) is 0 Å². The lowest BCUT2D eigenvalue weighted by atomic mass is 10.1. The molecule has 2 rings (SSSR count). The Morgan fingerprint density at radius 3 is 2.35 bits per heavy atom. The van der Waals surface area contributed by atoms with Crippen molar-refractivity contribution in [3.63, 3.8) is 0 Å². The molecule has 23 heavy (non-hydrogen) atoms. The van der Waals surface area contributed by atoms with Crippen LogP contribution in [-0.2, 0) is 0 Å². The van der Waals surface area contributed by atoms with Gasteiger partial charge in [-0.1, -0.05) is 18.2 Å². The van der Waals surface area contributed by atoms with Crippen LogP contribution >= 0.6 is 0 Å². The van der Waals surface area contributed by atoms with Gasteiger partial charge in [0.25, 0.3) is 5.91 Å². The second kappa shape index (κ2) is 7.35. The first-order valence-corrected chi connectivity index (χ1v) is 7.19. The summed E-state index contributed by atoms with van der Waals surface area (Å²) in [6, 6.07) is 14.3. The van der Waals surface area contributed by atoms with Gasteiger partial charge in [0.1, 0.15) is 0 Å². The second-order valence-corrected chi connectivity index (χ2v) is 5.32. The number of ketones is 1. The number of carbonyl (C=O) groups excluding carboxylic acids is 2. The summed E-state index contributed by atoms with van der Waals surface area (Å²) in [7, 11) is 3.88. The summed E-state index contributed by atoms with van der Waals surface area (Å²) in [6.45, 7) is 1.51. The number of rotatable bonds is 5. The lowest BCUT2D eigenvalue weighted by molar-refractivity contribution is 0.0954. The van der Waals surface area contributed by atoms with E-state index in [0.717, 1.165) is 11.3 Å². The molecule has 0 atom stereocenters. The number of nitrogens with one attached hydrogen (secondary N) is 1. The van der Waals surface area contributed by atoms with Gasteiger partial charge in [0.05, 0.1) is 6.21 Å². The van der Waals surface area contributed by atoms with Gasteiger partial charge < -0.3 is 4.90 Å². The molecule has 5 heteroatoms. The van der Waals surface area contributed by atoms with Crippen molar-refractivity contribution in [1.82, 2.24) is 5.43 Å². The van der Waals surface area contributed by atoms with Crippen LogP contribution in [0.4, 0.5) is 5.69 Å². The van der Waals surface area contributed by atoms with E-state index < -0.39 is 0 Å². The maximum absolute atomic E-state index is 12.0. The van der Waals surface area contributed by atoms with E-state index in [0.29, 0.717) is 11.1 Å². The number of amides is 1. The lowest BCUT2D eigenvalue weighted by Crippen LogP contribution is -2.18. The summed E-state index contributed by atoms with van der Waals surface area (Å²) in [4.78, 5) is 25.3. The minimum absolute atomic E-state index is 0.00901. The lowest BCUT2D eigenvalue weighted by Gasteiger charge is -2.12. The zero-order valence-electron chi connectivity index (χ0n) is 13.4. The van der Waals surface area contributed by atoms with E-state index in [4.69, 9.17) is 0 Å². The molecule has 0 spiro atoms. The highest BCUT2D eigenvalue weighted by Crippen LogP contribution is 2.12. The van der Waals surface area contributed by atoms with Crippen molar-refractivity contribution in [1.29, 1.82) is 0 Å². The zero-order chi connectivity index (χ0) is 16.8. The van der Waals surface area contributed by atoms with Gasteiger partial charge in [-0.3, -0.25) is 9.59 Å². The number of Topliss-reactive ketones (excluding diaryl/α,β-unsaturated/α-hetero) is 1. The normalized spacial score (nSPS) is 10.6. The van der Waals surface area contributed by atoms with E-state index in [1.54, 1.807) is 30.3 Å². The molecule has 0 aromatic heterocycles. The van der Waals surface area contributed by atoms with Gasteiger partial charge in [0.15, 0.2) is 5.78 Å². The molecule has 5 nitrogen and oxygen atoms in total. The predicted octanol–water partition coefficient (Wildman–Crippen LogP) is 2.72. The molecule has 0 saturated heterocycles. The first kappa shape index (κ1) is 16.4. The van der Waals surface area contributed by atoms with E-state index in [-0.39, 0.29) is 11.7 Å². The summed E-state index contributed by atoms with van der Waals surface area (Å²) >= 11 is 0. The molecule has 0 aliphatic rings. The quantitative estimate of drug-likeness (QED) is 0.525. The number of hydrazone groups is 1. The van der Waals surface area contributed by atoms with Gasteiger partial charge in [-0.2, -0.15) is 5.10 Å². The van der Waals surface area contributed by atoms with Crippen LogP contribution in [-0.4, -0.2) is 32.0 Å². The average Bonchev–Trinajstić information content (AvgIpc) is 2.55. The molecule has 0 aliphatic carbocycles. The van der Waals surface area contributed by atoms with Crippen LogP contribution in [0.15, 0.2) is 53.6 Å². The van der Waals surface area contributed by atoms with Crippen LogP contribution in [0.3, 0.4) is 0 Å². The van der Waals surface area contributed by atoms with Gasteiger partial charge in [-0.25, -0.2) is 5.43 Å². The SMILES string of the molecule is CC(=O)c1cccc(C=NNC(=O)c2ccc(N(C)C)cc2)c1. The van der Waals surface area contributed by atoms with Crippen molar-refractivity contribution in [3.05, 3.63) is 65.2 Å². The third kappa shape index (κ3) is 4.51. The summed E-state index contributed by atoms with van der Waals surface area (Å²) in [5.41, 5.74) is 5.39. The molecule has 2 aromatic rings. The first-order valence-electron chi connectivity index (χ1n) is 7.19. The van der Waals surface area contributed by atoms with Crippen LogP contribution in [0, 0.1) is 0 Å². The molecule has 0 radical (unpaired) electrons. The van der Waals surface area contributed by atoms with Crippen LogP contribution in [0.25, 0.3) is 0 Å². The third-order valence-corrected chi connectivity index (χ3v) is 3.32. The van der Waals surface area contributed by atoms with Crippen LogP contribution in [0.1, 0.15) is 33.2 Å². The largest absolute Gasteiger partial charge is 0.378 e. The smallest absolute Gasteiger partial charge is 0.271 e. The molecule has 0 heterocycles. The number of hydrogen-bond acceptors (Lipinski definition) is 4. The van der Waals surface area contributed by atoms with Crippen molar-refractivity contribution in [3.8, 4) is 0 Å². The topological polar surface area (TPSA) is 61.8 Å². The Kier molecular flexibility index (Phi) is 5.25. The van der Waals surface area contributed by atoms with Gasteiger partial charge in [-0.15, -0.1) is 0 Å². The highest BCUT2D eigenvalue weighted by Gasteiger charge is 2.04. The first-order chi connectivity index (χ1) is 11.0. The van der Waals surface area contributed by atoms with E-state index in [1.165, 1.54) is 13.1 Å². The highest BCUT2D eigenvalue weighted by molar-refractivity contribution is 5.97.